The molecule has 0 aromatic heterocycles. The van der Waals surface area contributed by atoms with Gasteiger partial charge < -0.3 is 15.2 Å². The van der Waals surface area contributed by atoms with Gasteiger partial charge in [-0.2, -0.15) is 0 Å². The molecule has 0 aliphatic carbocycles. The number of hydrogen-bond donors (Lipinski definition) is 2. The molecular formula is C17H18FNO3. The van der Waals surface area contributed by atoms with Crippen molar-refractivity contribution in [3.63, 3.8) is 0 Å². The first-order valence-corrected chi connectivity index (χ1v) is 7.04. The Morgan fingerprint density at radius 3 is 2.77 bits per heavy atom. The normalized spacial score (nSPS) is 10.3. The minimum Gasteiger partial charge on any atom is -0.493 e. The lowest BCUT2D eigenvalue weighted by molar-refractivity contribution is 0.0947. The summed E-state index contributed by atoms with van der Waals surface area (Å²) in [6.07, 6.45) is 0. The number of halogens is 1. The van der Waals surface area contributed by atoms with Gasteiger partial charge >= 0.3 is 0 Å². The van der Waals surface area contributed by atoms with Gasteiger partial charge in [-0.3, -0.25) is 4.79 Å². The molecule has 0 bridgehead atoms. The Balaban J connectivity index is 2.07. The zero-order valence-electron chi connectivity index (χ0n) is 12.3. The fraction of sp³-hybridized carbons (Fsp3) is 0.235. The lowest BCUT2D eigenvalue weighted by Gasteiger charge is -2.11. The molecular weight excluding hydrogens is 285 g/mol. The van der Waals surface area contributed by atoms with Crippen LogP contribution >= 0.6 is 0 Å². The second-order valence-corrected chi connectivity index (χ2v) is 4.70. The topological polar surface area (TPSA) is 58.6 Å². The largest absolute Gasteiger partial charge is 0.493 e. The Bertz CT molecular complexity index is 658. The highest BCUT2D eigenvalue weighted by Gasteiger charge is 2.11. The molecule has 116 valence electrons. The van der Waals surface area contributed by atoms with Crippen molar-refractivity contribution in [1.82, 2.24) is 5.32 Å². The molecule has 0 saturated carbocycles. The van der Waals surface area contributed by atoms with Crippen LogP contribution in [0.15, 0.2) is 42.5 Å². The summed E-state index contributed by atoms with van der Waals surface area (Å²) in [5.74, 6) is -0.198. The third-order valence-electron chi connectivity index (χ3n) is 3.17. The molecule has 2 rings (SSSR count). The molecule has 22 heavy (non-hydrogen) atoms. The Labute approximate surface area is 128 Å². The first-order valence-electron chi connectivity index (χ1n) is 7.04. The average Bonchev–Trinajstić information content (AvgIpc) is 2.54. The molecule has 2 N–H and O–H groups in total. The lowest BCUT2D eigenvalue weighted by Crippen LogP contribution is -2.23. The predicted molar refractivity (Wildman–Crippen MR) is 81.1 cm³/mol. The summed E-state index contributed by atoms with van der Waals surface area (Å²) in [4.78, 5) is 12.2. The van der Waals surface area contributed by atoms with Crippen molar-refractivity contribution in [3.05, 3.63) is 65.0 Å². The molecule has 0 atom stereocenters. The highest BCUT2D eigenvalue weighted by Crippen LogP contribution is 2.18. The summed E-state index contributed by atoms with van der Waals surface area (Å²) < 4.78 is 18.7. The highest BCUT2D eigenvalue weighted by molar-refractivity contribution is 5.96. The second kappa shape index (κ2) is 7.56. The number of aliphatic hydroxyl groups excluding tert-OH is 1. The summed E-state index contributed by atoms with van der Waals surface area (Å²) in [5, 5.41) is 11.8. The maximum atomic E-state index is 13.3. The number of hydrogen-bond acceptors (Lipinski definition) is 3. The van der Waals surface area contributed by atoms with E-state index in [4.69, 9.17) is 9.84 Å². The first-order chi connectivity index (χ1) is 10.7. The fourth-order valence-electron chi connectivity index (χ4n) is 2.07. The summed E-state index contributed by atoms with van der Waals surface area (Å²) in [6, 6.07) is 11.4. The summed E-state index contributed by atoms with van der Waals surface area (Å²) in [5.41, 5.74) is 1.38. The van der Waals surface area contributed by atoms with Crippen molar-refractivity contribution in [2.45, 2.75) is 20.1 Å². The van der Waals surface area contributed by atoms with E-state index in [-0.39, 0.29) is 24.6 Å². The van der Waals surface area contributed by atoms with Crippen molar-refractivity contribution in [3.8, 4) is 5.75 Å². The number of benzene rings is 2. The average molecular weight is 303 g/mol. The molecule has 0 heterocycles. The Morgan fingerprint density at radius 1 is 1.27 bits per heavy atom. The molecule has 0 aliphatic heterocycles. The van der Waals surface area contributed by atoms with Gasteiger partial charge in [-0.05, 0) is 36.8 Å². The zero-order chi connectivity index (χ0) is 15.9. The maximum Gasteiger partial charge on any atom is 0.255 e. The Kier molecular flexibility index (Phi) is 5.49. The minimum atomic E-state index is -0.459. The smallest absolute Gasteiger partial charge is 0.255 e. The summed E-state index contributed by atoms with van der Waals surface area (Å²) in [7, 11) is 0. The molecule has 5 heteroatoms. The SMILES string of the molecule is CCOc1ccccc1C(=O)NCc1ccc(F)c(CO)c1. The van der Waals surface area contributed by atoms with Crippen molar-refractivity contribution in [2.24, 2.45) is 0 Å². The molecule has 0 unspecified atom stereocenters. The minimum absolute atomic E-state index is 0.210. The Morgan fingerprint density at radius 2 is 2.05 bits per heavy atom. The van der Waals surface area contributed by atoms with Crippen LogP contribution in [0.3, 0.4) is 0 Å². The van der Waals surface area contributed by atoms with Gasteiger partial charge in [-0.1, -0.05) is 18.2 Å². The molecule has 0 aliphatic rings. The van der Waals surface area contributed by atoms with Crippen LogP contribution in [0.5, 0.6) is 5.75 Å². The van der Waals surface area contributed by atoms with Crippen LogP contribution in [0.25, 0.3) is 0 Å². The van der Waals surface area contributed by atoms with E-state index < -0.39 is 5.82 Å². The van der Waals surface area contributed by atoms with Gasteiger partial charge in [-0.15, -0.1) is 0 Å². The molecule has 2 aromatic rings. The molecule has 0 spiro atoms. The summed E-state index contributed by atoms with van der Waals surface area (Å²) >= 11 is 0. The van der Waals surface area contributed by atoms with Gasteiger partial charge in [0.1, 0.15) is 11.6 Å². The molecule has 0 radical (unpaired) electrons. The molecule has 2 aromatic carbocycles. The maximum absolute atomic E-state index is 13.3. The summed E-state index contributed by atoms with van der Waals surface area (Å²) in [6.45, 7) is 2.19. The number of aliphatic hydroxyl groups is 1. The number of carbonyl (C=O) groups is 1. The van der Waals surface area contributed by atoms with E-state index in [1.54, 1.807) is 30.3 Å². The third kappa shape index (κ3) is 3.83. The number of nitrogens with one attached hydrogen (secondary N) is 1. The number of rotatable bonds is 6. The van der Waals surface area contributed by atoms with Crippen LogP contribution in [0, 0.1) is 5.82 Å². The predicted octanol–water partition coefficient (Wildman–Crippen LogP) is 2.65. The van der Waals surface area contributed by atoms with Gasteiger partial charge in [0.05, 0.1) is 18.8 Å². The lowest BCUT2D eigenvalue weighted by atomic mass is 10.1. The fourth-order valence-corrected chi connectivity index (χ4v) is 2.07. The zero-order valence-corrected chi connectivity index (χ0v) is 12.3. The standard InChI is InChI=1S/C17H18FNO3/c1-2-22-16-6-4-3-5-14(16)17(21)19-10-12-7-8-15(18)13(9-12)11-20/h3-9,20H,2,10-11H2,1H3,(H,19,21). The van der Waals surface area contributed by atoms with Crippen LogP contribution in [-0.2, 0) is 13.2 Å². The second-order valence-electron chi connectivity index (χ2n) is 4.70. The van der Waals surface area contributed by atoms with E-state index >= 15 is 0 Å². The monoisotopic (exact) mass is 303 g/mol. The van der Waals surface area contributed by atoms with Crippen LogP contribution in [-0.4, -0.2) is 17.6 Å². The number of amides is 1. The molecule has 1 amide bonds. The van der Waals surface area contributed by atoms with Crippen molar-refractivity contribution in [2.75, 3.05) is 6.61 Å². The first kappa shape index (κ1) is 16.0. The Hall–Kier alpha value is -2.40. The third-order valence-corrected chi connectivity index (χ3v) is 3.17. The van der Waals surface area contributed by atoms with Crippen molar-refractivity contribution >= 4 is 5.91 Å². The van der Waals surface area contributed by atoms with E-state index in [1.807, 2.05) is 6.92 Å². The van der Waals surface area contributed by atoms with E-state index in [0.29, 0.717) is 23.5 Å². The van der Waals surface area contributed by atoms with Gasteiger partial charge in [-0.25, -0.2) is 4.39 Å². The van der Waals surface area contributed by atoms with E-state index in [1.165, 1.54) is 12.1 Å². The number of ether oxygens (including phenoxy) is 1. The molecule has 0 fully saturated rings. The van der Waals surface area contributed by atoms with Gasteiger partial charge in [0.2, 0.25) is 0 Å². The van der Waals surface area contributed by atoms with E-state index in [9.17, 15) is 9.18 Å². The van der Waals surface area contributed by atoms with Crippen LogP contribution in [0.4, 0.5) is 4.39 Å². The molecule has 4 nitrogen and oxygen atoms in total. The van der Waals surface area contributed by atoms with Crippen molar-refractivity contribution < 1.29 is 19.0 Å². The van der Waals surface area contributed by atoms with Gasteiger partial charge in [0, 0.05) is 12.1 Å². The van der Waals surface area contributed by atoms with Gasteiger partial charge in [0.15, 0.2) is 0 Å². The number of carbonyl (C=O) groups excluding carboxylic acids is 1. The molecule has 0 saturated heterocycles. The van der Waals surface area contributed by atoms with Crippen LogP contribution < -0.4 is 10.1 Å². The van der Waals surface area contributed by atoms with E-state index in [2.05, 4.69) is 5.32 Å². The van der Waals surface area contributed by atoms with Crippen LogP contribution in [0.2, 0.25) is 0 Å². The highest BCUT2D eigenvalue weighted by atomic mass is 19.1. The quantitative estimate of drug-likeness (QED) is 0.862. The van der Waals surface area contributed by atoms with Gasteiger partial charge in [0.25, 0.3) is 5.91 Å². The van der Waals surface area contributed by atoms with Crippen LogP contribution in [0.1, 0.15) is 28.4 Å². The number of para-hydroxylation sites is 1. The van der Waals surface area contributed by atoms with Crippen molar-refractivity contribution in [1.29, 1.82) is 0 Å². The van der Waals surface area contributed by atoms with E-state index in [0.717, 1.165) is 0 Å².